The molecule has 0 saturated carbocycles. The van der Waals surface area contributed by atoms with Crippen molar-refractivity contribution in [3.8, 4) is 23.0 Å². The molecule has 0 N–H and O–H groups in total. The third-order valence-corrected chi connectivity index (χ3v) is 4.36. The van der Waals surface area contributed by atoms with Crippen molar-refractivity contribution in [2.45, 2.75) is 26.9 Å². The Kier molecular flexibility index (Phi) is 4.88. The molecule has 2 aliphatic rings. The molecule has 0 atom stereocenters. The summed E-state index contributed by atoms with van der Waals surface area (Å²) in [6, 6.07) is 8.70. The Morgan fingerprint density at radius 2 is 1.93 bits per heavy atom. The first-order chi connectivity index (χ1) is 13.9. The lowest BCUT2D eigenvalue weighted by molar-refractivity contribution is -0.149. The molecule has 0 bridgehead atoms. The van der Waals surface area contributed by atoms with E-state index in [9.17, 15) is 9.59 Å². The van der Waals surface area contributed by atoms with E-state index < -0.39 is 5.97 Å². The Bertz CT molecular complexity index is 1020. The number of carbonyl (C=O) groups excluding carboxylic acids is 2. The zero-order valence-corrected chi connectivity index (χ0v) is 16.3. The van der Waals surface area contributed by atoms with Gasteiger partial charge in [-0.15, -0.1) is 0 Å². The van der Waals surface area contributed by atoms with E-state index in [1.54, 1.807) is 51.1 Å². The van der Waals surface area contributed by atoms with E-state index in [1.807, 2.05) is 6.07 Å². The predicted octanol–water partition coefficient (Wildman–Crippen LogP) is 3.67. The summed E-state index contributed by atoms with van der Waals surface area (Å²) >= 11 is 0. The number of aryl methyl sites for hydroxylation is 1. The summed E-state index contributed by atoms with van der Waals surface area (Å²) in [7, 11) is 0. The summed E-state index contributed by atoms with van der Waals surface area (Å²) < 4.78 is 27.0. The molecular formula is C22H20O7. The average Bonchev–Trinajstić information content (AvgIpc) is 3.24. The highest BCUT2D eigenvalue weighted by Gasteiger charge is 2.30. The molecule has 7 nitrogen and oxygen atoms in total. The van der Waals surface area contributed by atoms with Gasteiger partial charge in [-0.3, -0.25) is 4.79 Å². The zero-order valence-electron chi connectivity index (χ0n) is 16.3. The highest BCUT2D eigenvalue weighted by molar-refractivity contribution is 6.15. The molecule has 2 heterocycles. The fourth-order valence-corrected chi connectivity index (χ4v) is 3.15. The second kappa shape index (κ2) is 7.50. The maximum Gasteiger partial charge on any atom is 0.344 e. The Labute approximate surface area is 167 Å². The largest absolute Gasteiger partial charge is 0.482 e. The van der Waals surface area contributed by atoms with Crippen LogP contribution in [-0.4, -0.2) is 31.3 Å². The highest BCUT2D eigenvalue weighted by Crippen LogP contribution is 2.38. The SMILES string of the molecule is Cc1cc(OCC(=O)OC(C)C)cc2c1C(=O)/C(=C/c1ccc3c(c1)OCO3)O2. The fraction of sp³-hybridized carbons (Fsp3) is 0.273. The van der Waals surface area contributed by atoms with Gasteiger partial charge in [0, 0.05) is 6.07 Å². The van der Waals surface area contributed by atoms with Gasteiger partial charge < -0.3 is 23.7 Å². The van der Waals surface area contributed by atoms with Crippen LogP contribution < -0.4 is 18.9 Å². The van der Waals surface area contributed by atoms with Crippen molar-refractivity contribution < 1.29 is 33.3 Å². The number of ketones is 1. The Morgan fingerprint density at radius 1 is 1.14 bits per heavy atom. The highest BCUT2D eigenvalue weighted by atomic mass is 16.7. The summed E-state index contributed by atoms with van der Waals surface area (Å²) in [4.78, 5) is 24.5. The molecule has 2 aliphatic heterocycles. The maximum absolute atomic E-state index is 12.8. The number of benzene rings is 2. The zero-order chi connectivity index (χ0) is 20.5. The number of ether oxygens (including phenoxy) is 5. The van der Waals surface area contributed by atoms with E-state index in [0.717, 1.165) is 5.56 Å². The van der Waals surface area contributed by atoms with Crippen molar-refractivity contribution in [1.82, 2.24) is 0 Å². The summed E-state index contributed by atoms with van der Waals surface area (Å²) in [5, 5.41) is 0. The Morgan fingerprint density at radius 3 is 2.72 bits per heavy atom. The molecule has 7 heteroatoms. The van der Waals surface area contributed by atoms with Crippen molar-refractivity contribution in [3.63, 3.8) is 0 Å². The van der Waals surface area contributed by atoms with Crippen molar-refractivity contribution in [2.75, 3.05) is 13.4 Å². The third-order valence-electron chi connectivity index (χ3n) is 4.36. The van der Waals surface area contributed by atoms with Gasteiger partial charge in [0.1, 0.15) is 11.5 Å². The minimum Gasteiger partial charge on any atom is -0.482 e. The van der Waals surface area contributed by atoms with Crippen LogP contribution in [0.25, 0.3) is 6.08 Å². The second-order valence-corrected chi connectivity index (χ2v) is 6.99. The van der Waals surface area contributed by atoms with Crippen LogP contribution in [0.2, 0.25) is 0 Å². The maximum atomic E-state index is 12.8. The molecule has 0 aliphatic carbocycles. The molecule has 0 saturated heterocycles. The van der Waals surface area contributed by atoms with Gasteiger partial charge in [0.2, 0.25) is 12.6 Å². The van der Waals surface area contributed by atoms with Crippen molar-refractivity contribution in [1.29, 1.82) is 0 Å². The third kappa shape index (κ3) is 3.89. The van der Waals surface area contributed by atoms with Crippen molar-refractivity contribution in [3.05, 3.63) is 52.8 Å². The predicted molar refractivity (Wildman–Crippen MR) is 103 cm³/mol. The van der Waals surface area contributed by atoms with Crippen LogP contribution in [0.3, 0.4) is 0 Å². The summed E-state index contributed by atoms with van der Waals surface area (Å²) in [6.45, 7) is 5.30. The standard InChI is InChI=1S/C22H20O7/c1-12(2)28-20(23)10-25-15-6-13(3)21-18(9-15)29-19(22(21)24)8-14-4-5-16-17(7-14)27-11-26-16/h4-9,12H,10-11H2,1-3H3/b19-8-. The van der Waals surface area contributed by atoms with Crippen LogP contribution in [0.15, 0.2) is 36.1 Å². The van der Waals surface area contributed by atoms with Gasteiger partial charge in [0.15, 0.2) is 23.9 Å². The van der Waals surface area contributed by atoms with Crippen molar-refractivity contribution >= 4 is 17.8 Å². The number of fused-ring (bicyclic) bond motifs is 2. The molecule has 0 amide bonds. The number of esters is 1. The lowest BCUT2D eigenvalue weighted by atomic mass is 10.0. The van der Waals surface area contributed by atoms with E-state index in [4.69, 9.17) is 23.7 Å². The van der Waals surface area contributed by atoms with Gasteiger partial charge in [-0.05, 0) is 56.2 Å². The molecule has 29 heavy (non-hydrogen) atoms. The van der Waals surface area contributed by atoms with Crippen LogP contribution in [0, 0.1) is 6.92 Å². The van der Waals surface area contributed by atoms with Gasteiger partial charge in [-0.1, -0.05) is 6.07 Å². The summed E-state index contributed by atoms with van der Waals surface area (Å²) in [5.41, 5.74) is 1.94. The minimum atomic E-state index is -0.460. The smallest absolute Gasteiger partial charge is 0.344 e. The minimum absolute atomic E-state index is 0.183. The number of carbonyl (C=O) groups is 2. The molecule has 4 rings (SSSR count). The topological polar surface area (TPSA) is 80.3 Å². The molecule has 2 aromatic carbocycles. The van der Waals surface area contributed by atoms with Crippen LogP contribution in [0.1, 0.15) is 35.3 Å². The molecule has 0 fully saturated rings. The van der Waals surface area contributed by atoms with Crippen LogP contribution >= 0.6 is 0 Å². The van der Waals surface area contributed by atoms with Crippen molar-refractivity contribution in [2.24, 2.45) is 0 Å². The first kappa shape index (κ1) is 18.9. The van der Waals surface area contributed by atoms with E-state index in [1.165, 1.54) is 0 Å². The Hall–Kier alpha value is -3.48. The van der Waals surface area contributed by atoms with E-state index in [0.29, 0.717) is 34.1 Å². The average molecular weight is 396 g/mol. The lowest BCUT2D eigenvalue weighted by Crippen LogP contribution is -2.18. The number of Topliss-reactive ketones (excluding diaryl/α,β-unsaturated/α-hetero) is 1. The Balaban J connectivity index is 1.53. The lowest BCUT2D eigenvalue weighted by Gasteiger charge is -2.10. The first-order valence-corrected chi connectivity index (χ1v) is 9.21. The van der Waals surface area contributed by atoms with E-state index in [-0.39, 0.29) is 31.0 Å². The monoisotopic (exact) mass is 396 g/mol. The molecule has 0 radical (unpaired) electrons. The van der Waals surface area contributed by atoms with Crippen LogP contribution in [0.5, 0.6) is 23.0 Å². The normalized spacial score (nSPS) is 15.4. The van der Waals surface area contributed by atoms with Crippen LogP contribution in [0.4, 0.5) is 0 Å². The molecule has 0 aromatic heterocycles. The van der Waals surface area contributed by atoms with Gasteiger partial charge in [0.05, 0.1) is 11.7 Å². The molecule has 0 unspecified atom stereocenters. The first-order valence-electron chi connectivity index (χ1n) is 9.21. The number of allylic oxidation sites excluding steroid dienone is 1. The summed E-state index contributed by atoms with van der Waals surface area (Å²) in [5.74, 6) is 1.66. The molecule has 2 aromatic rings. The molecule has 150 valence electrons. The molecule has 0 spiro atoms. The van der Waals surface area contributed by atoms with E-state index >= 15 is 0 Å². The second-order valence-electron chi connectivity index (χ2n) is 6.99. The number of rotatable bonds is 5. The van der Waals surface area contributed by atoms with Gasteiger partial charge in [-0.2, -0.15) is 0 Å². The number of hydrogen-bond donors (Lipinski definition) is 0. The van der Waals surface area contributed by atoms with E-state index in [2.05, 4.69) is 0 Å². The van der Waals surface area contributed by atoms with Gasteiger partial charge >= 0.3 is 5.97 Å². The molecular weight excluding hydrogens is 376 g/mol. The summed E-state index contributed by atoms with van der Waals surface area (Å²) in [6.07, 6.45) is 1.45. The number of hydrogen-bond acceptors (Lipinski definition) is 7. The van der Waals surface area contributed by atoms with Gasteiger partial charge in [-0.25, -0.2) is 4.79 Å². The van der Waals surface area contributed by atoms with Gasteiger partial charge in [0.25, 0.3) is 0 Å². The fourth-order valence-electron chi connectivity index (χ4n) is 3.15. The quantitative estimate of drug-likeness (QED) is 0.563. The van der Waals surface area contributed by atoms with Crippen LogP contribution in [-0.2, 0) is 9.53 Å².